The first kappa shape index (κ1) is 24.0. The molecule has 0 spiro atoms. The summed E-state index contributed by atoms with van der Waals surface area (Å²) in [6.45, 7) is 0.160. The Kier molecular flexibility index (Phi) is 5.20. The highest BCUT2D eigenvalue weighted by molar-refractivity contribution is 9.10. The molecular formula is C28H22BrN5O4S. The topological polar surface area (TPSA) is 88.4 Å². The summed E-state index contributed by atoms with van der Waals surface area (Å²) in [6.07, 6.45) is 1.81. The number of fused-ring (bicyclic) bond motifs is 3. The van der Waals surface area contributed by atoms with Crippen molar-refractivity contribution in [1.29, 1.82) is 0 Å². The van der Waals surface area contributed by atoms with Crippen LogP contribution in [0.15, 0.2) is 87.1 Å². The van der Waals surface area contributed by atoms with Gasteiger partial charge >= 0.3 is 6.03 Å². The number of halogens is 1. The number of aromatic nitrogens is 1. The number of nitrogens with one attached hydrogen (secondary N) is 1. The number of ether oxygens (including phenoxy) is 2. The van der Waals surface area contributed by atoms with Crippen LogP contribution in [0, 0.1) is 0 Å². The first-order chi connectivity index (χ1) is 18.9. The molecule has 0 radical (unpaired) electrons. The molecule has 4 heterocycles. The van der Waals surface area contributed by atoms with Gasteiger partial charge in [0.25, 0.3) is 5.56 Å². The summed E-state index contributed by atoms with van der Waals surface area (Å²) in [5.74, 6) is 1.27. The highest BCUT2D eigenvalue weighted by Crippen LogP contribution is 2.53. The van der Waals surface area contributed by atoms with Crippen molar-refractivity contribution in [2.24, 2.45) is 4.99 Å². The van der Waals surface area contributed by atoms with Gasteiger partial charge in [-0.15, -0.1) is 0 Å². The molecule has 4 aromatic rings. The fourth-order valence-corrected chi connectivity index (χ4v) is 7.10. The number of rotatable bonds is 3. The van der Waals surface area contributed by atoms with E-state index in [1.807, 2.05) is 72.8 Å². The zero-order chi connectivity index (χ0) is 26.9. The third kappa shape index (κ3) is 3.14. The number of carbonyl (C=O) groups excluding carboxylic acids is 1. The van der Waals surface area contributed by atoms with E-state index in [9.17, 15) is 9.59 Å². The van der Waals surface area contributed by atoms with Crippen LogP contribution >= 0.6 is 27.3 Å². The Morgan fingerprint density at radius 3 is 2.28 bits per heavy atom. The van der Waals surface area contributed by atoms with Gasteiger partial charge in [0.1, 0.15) is 0 Å². The van der Waals surface area contributed by atoms with Crippen LogP contribution in [0.4, 0.5) is 4.79 Å². The van der Waals surface area contributed by atoms with Crippen molar-refractivity contribution in [2.75, 3.05) is 26.3 Å². The van der Waals surface area contributed by atoms with Crippen LogP contribution in [-0.2, 0) is 11.3 Å². The molecule has 2 amide bonds. The van der Waals surface area contributed by atoms with E-state index in [1.165, 1.54) is 16.0 Å². The van der Waals surface area contributed by atoms with Crippen LogP contribution in [0.1, 0.15) is 16.7 Å². The molecule has 1 aromatic heterocycles. The van der Waals surface area contributed by atoms with Crippen molar-refractivity contribution in [3.05, 3.63) is 114 Å². The predicted octanol–water partition coefficient (Wildman–Crippen LogP) is 3.11. The largest absolute Gasteiger partial charge is 0.454 e. The van der Waals surface area contributed by atoms with Crippen LogP contribution in [0.2, 0.25) is 0 Å². The molecule has 0 saturated carbocycles. The minimum absolute atomic E-state index is 0.160. The maximum atomic E-state index is 13.9. The van der Waals surface area contributed by atoms with Crippen molar-refractivity contribution in [1.82, 2.24) is 14.5 Å². The smallest absolute Gasteiger partial charge is 0.324 e. The quantitative estimate of drug-likeness (QED) is 0.389. The molecule has 1 fully saturated rings. The second-order valence-corrected chi connectivity index (χ2v) is 11.4. The average Bonchev–Trinajstić information content (AvgIpc) is 3.58. The number of likely N-dealkylation sites (N-methyl/N-ethyl adjacent to an activating group) is 2. The van der Waals surface area contributed by atoms with Crippen LogP contribution < -0.4 is 29.8 Å². The second-order valence-electron chi connectivity index (χ2n) is 9.50. The van der Waals surface area contributed by atoms with E-state index in [0.29, 0.717) is 20.8 Å². The maximum absolute atomic E-state index is 13.9. The van der Waals surface area contributed by atoms with E-state index in [1.54, 1.807) is 30.0 Å². The van der Waals surface area contributed by atoms with Crippen LogP contribution in [0.5, 0.6) is 11.5 Å². The number of amides is 2. The van der Waals surface area contributed by atoms with Crippen molar-refractivity contribution in [3.63, 3.8) is 0 Å². The number of urea groups is 1. The molecule has 9 nitrogen and oxygen atoms in total. The fourth-order valence-electron chi connectivity index (χ4n) is 5.70. The Balaban J connectivity index is 1.53. The summed E-state index contributed by atoms with van der Waals surface area (Å²) in [7, 11) is 3.48. The molecule has 1 N–H and O–H groups in total. The summed E-state index contributed by atoms with van der Waals surface area (Å²) < 4.78 is 13.7. The lowest BCUT2D eigenvalue weighted by atomic mass is 9.80. The van der Waals surface area contributed by atoms with Gasteiger partial charge in [0.15, 0.2) is 11.5 Å². The highest BCUT2D eigenvalue weighted by Gasteiger charge is 2.69. The molecule has 0 unspecified atom stereocenters. The number of nitrogens with zero attached hydrogens (tertiary/aromatic N) is 4. The monoisotopic (exact) mass is 603 g/mol. The molecule has 196 valence electrons. The molecule has 3 aliphatic heterocycles. The zero-order valence-electron chi connectivity index (χ0n) is 20.9. The molecule has 2 atom stereocenters. The number of hydrogen-bond donors (Lipinski definition) is 1. The first-order valence-corrected chi connectivity index (χ1v) is 13.8. The summed E-state index contributed by atoms with van der Waals surface area (Å²) in [5, 5.41) is 0. The van der Waals surface area contributed by atoms with Gasteiger partial charge in [-0.3, -0.25) is 20.0 Å². The normalized spacial score (nSPS) is 23.4. The minimum Gasteiger partial charge on any atom is -0.454 e. The maximum Gasteiger partial charge on any atom is 0.324 e. The highest BCUT2D eigenvalue weighted by atomic mass is 79.9. The fraction of sp³-hybridized carbons (Fsp3) is 0.179. The summed E-state index contributed by atoms with van der Waals surface area (Å²) >= 11 is 4.84. The van der Waals surface area contributed by atoms with Gasteiger partial charge in [-0.05, 0) is 23.8 Å². The molecular weight excluding hydrogens is 582 g/mol. The van der Waals surface area contributed by atoms with E-state index in [4.69, 9.17) is 14.5 Å². The van der Waals surface area contributed by atoms with Gasteiger partial charge in [-0.1, -0.05) is 87.9 Å². The molecule has 11 heteroatoms. The van der Waals surface area contributed by atoms with Gasteiger partial charge in [0, 0.05) is 29.7 Å². The molecule has 0 aliphatic carbocycles. The number of hydrogen-bond acceptors (Lipinski definition) is 7. The molecule has 7 rings (SSSR count). The van der Waals surface area contributed by atoms with Crippen LogP contribution in [0.3, 0.4) is 0 Å². The molecule has 3 aromatic carbocycles. The van der Waals surface area contributed by atoms with Crippen molar-refractivity contribution >= 4 is 39.4 Å². The van der Waals surface area contributed by atoms with Crippen LogP contribution in [0.25, 0.3) is 6.08 Å². The Bertz CT molecular complexity index is 1830. The summed E-state index contributed by atoms with van der Waals surface area (Å²) in [5.41, 5.74) is 3.19. The summed E-state index contributed by atoms with van der Waals surface area (Å²) in [6, 6.07) is 22.8. The van der Waals surface area contributed by atoms with Crippen molar-refractivity contribution in [3.8, 4) is 11.5 Å². The predicted molar refractivity (Wildman–Crippen MR) is 150 cm³/mol. The third-order valence-electron chi connectivity index (χ3n) is 7.55. The Hall–Kier alpha value is -4.09. The van der Waals surface area contributed by atoms with Crippen LogP contribution in [-0.4, -0.2) is 41.4 Å². The van der Waals surface area contributed by atoms with Crippen molar-refractivity contribution < 1.29 is 14.3 Å². The van der Waals surface area contributed by atoms with E-state index in [-0.39, 0.29) is 18.4 Å². The van der Waals surface area contributed by atoms with E-state index >= 15 is 0 Å². The molecule has 3 aliphatic rings. The lowest BCUT2D eigenvalue weighted by Crippen LogP contribution is -2.67. The lowest BCUT2D eigenvalue weighted by Gasteiger charge is -2.49. The van der Waals surface area contributed by atoms with Crippen molar-refractivity contribution in [2.45, 2.75) is 11.3 Å². The Morgan fingerprint density at radius 1 is 0.949 bits per heavy atom. The van der Waals surface area contributed by atoms with Gasteiger partial charge in [-0.25, -0.2) is 9.79 Å². The van der Waals surface area contributed by atoms with E-state index < -0.39 is 11.3 Å². The standard InChI is InChI=1S/C28H22BrN5O4S/c1-32-26(36)33(2)28(19-11-7-4-8-12-19)27(32,18-9-5-3-6-10-18)30-25-34(31-28)24(35)23(39-25)14-17-13-21-22(15-20(17)29)38-16-37-21/h3-15,31H,16H2,1-2H3/b23-14-/t27-,28+/m0/s1. The van der Waals surface area contributed by atoms with Gasteiger partial charge in [0.2, 0.25) is 22.9 Å². The number of benzene rings is 3. The zero-order valence-corrected chi connectivity index (χ0v) is 23.3. The van der Waals surface area contributed by atoms with Gasteiger partial charge < -0.3 is 9.47 Å². The molecule has 1 saturated heterocycles. The molecule has 0 bridgehead atoms. The average molecular weight is 604 g/mol. The third-order valence-corrected chi connectivity index (χ3v) is 9.21. The first-order valence-electron chi connectivity index (χ1n) is 12.2. The SMILES string of the molecule is CN1C(=O)N(C)[C@]2(c3ccccc3)N=c3s/c(=C\c4cc5c(cc4Br)OCO5)c(=O)n3N[C@]12c1ccccc1. The van der Waals surface area contributed by atoms with E-state index in [2.05, 4.69) is 21.4 Å². The minimum atomic E-state index is -1.21. The lowest BCUT2D eigenvalue weighted by molar-refractivity contribution is 0.0648. The Labute approximate surface area is 235 Å². The van der Waals surface area contributed by atoms with Gasteiger partial charge in [0.05, 0.1) is 4.53 Å². The number of carbonyl (C=O) groups is 1. The summed E-state index contributed by atoms with van der Waals surface area (Å²) in [4.78, 5) is 36.5. The van der Waals surface area contributed by atoms with Gasteiger partial charge in [-0.2, -0.15) is 4.68 Å². The second kappa shape index (κ2) is 8.45. The van der Waals surface area contributed by atoms with E-state index in [0.717, 1.165) is 21.2 Å². The number of thiazole rings is 1. The Morgan fingerprint density at radius 2 is 1.59 bits per heavy atom. The molecule has 39 heavy (non-hydrogen) atoms.